The van der Waals surface area contributed by atoms with E-state index in [1.807, 2.05) is 0 Å². The van der Waals surface area contributed by atoms with Gasteiger partial charge in [-0.1, -0.05) is 29.4 Å². The Morgan fingerprint density at radius 1 is 1.12 bits per heavy atom. The molecule has 0 spiro atoms. The number of amides is 1. The average Bonchev–Trinajstić information content (AvgIpc) is 3.22. The van der Waals surface area contributed by atoms with Crippen molar-refractivity contribution in [2.45, 2.75) is 5.37 Å². The van der Waals surface area contributed by atoms with E-state index in [-0.39, 0.29) is 5.15 Å². The van der Waals surface area contributed by atoms with E-state index in [4.69, 9.17) is 11.6 Å². The molecule has 0 saturated carbocycles. The lowest BCUT2D eigenvalue weighted by molar-refractivity contribution is 0.0742. The molecule has 4 rings (SSSR count). The van der Waals surface area contributed by atoms with Crippen molar-refractivity contribution >= 4 is 34.3 Å². The Kier molecular flexibility index (Phi) is 6.07. The number of thioether (sulfide) groups is 1. The molecule has 0 bridgehead atoms. The SMILES string of the molecule is COc1c(F)c(F)cc(C(=O)N2N=C(c3ccc(F)cc3)SC2c2cccnc2Cl)c1F. The molecule has 1 unspecified atom stereocenters. The van der Waals surface area contributed by atoms with Gasteiger partial charge in [0, 0.05) is 17.3 Å². The number of aromatic nitrogens is 1. The van der Waals surface area contributed by atoms with Crippen molar-refractivity contribution in [3.8, 4) is 5.75 Å². The van der Waals surface area contributed by atoms with E-state index in [9.17, 15) is 22.4 Å². The number of benzene rings is 2. The molecule has 5 nitrogen and oxygen atoms in total. The van der Waals surface area contributed by atoms with Gasteiger partial charge in [0.2, 0.25) is 5.82 Å². The summed E-state index contributed by atoms with van der Waals surface area (Å²) < 4.78 is 60.5. The Labute approximate surface area is 188 Å². The zero-order valence-electron chi connectivity index (χ0n) is 16.2. The average molecular weight is 482 g/mol. The van der Waals surface area contributed by atoms with Crippen LogP contribution in [0.25, 0.3) is 0 Å². The molecule has 1 atom stereocenters. The summed E-state index contributed by atoms with van der Waals surface area (Å²) in [5, 5.41) is 4.61. The van der Waals surface area contributed by atoms with Crippen LogP contribution in [0.2, 0.25) is 5.15 Å². The van der Waals surface area contributed by atoms with E-state index in [0.29, 0.717) is 22.2 Å². The first-order valence-corrected chi connectivity index (χ1v) is 10.2. The standard InChI is InChI=1S/C21H12ClF4N3O2S/c1-31-17-15(25)13(9-14(24)16(17)26)20(30)29-21(12-3-2-8-27-18(12)22)32-19(28-29)10-4-6-11(23)7-5-10/h2-9,21H,1H3. The van der Waals surface area contributed by atoms with Crippen molar-refractivity contribution in [1.82, 2.24) is 9.99 Å². The number of halogens is 5. The molecule has 1 aliphatic heterocycles. The summed E-state index contributed by atoms with van der Waals surface area (Å²) in [6.45, 7) is 0. The van der Waals surface area contributed by atoms with Gasteiger partial charge in [-0.3, -0.25) is 4.79 Å². The van der Waals surface area contributed by atoms with E-state index >= 15 is 0 Å². The molecule has 32 heavy (non-hydrogen) atoms. The number of rotatable bonds is 4. The Hall–Kier alpha value is -3.11. The van der Waals surface area contributed by atoms with Crippen molar-refractivity contribution in [2.75, 3.05) is 7.11 Å². The first-order chi connectivity index (χ1) is 15.3. The second-order valence-corrected chi connectivity index (χ2v) is 7.91. The van der Waals surface area contributed by atoms with Gasteiger partial charge in [-0.15, -0.1) is 0 Å². The molecule has 1 aliphatic rings. The number of carbonyl (C=O) groups is 1. The van der Waals surface area contributed by atoms with Gasteiger partial charge in [0.05, 0.1) is 12.7 Å². The number of nitrogens with zero attached hydrogens (tertiary/aromatic N) is 3. The zero-order valence-corrected chi connectivity index (χ0v) is 17.7. The maximum absolute atomic E-state index is 14.8. The number of methoxy groups -OCH3 is 1. The molecule has 0 saturated heterocycles. The fraction of sp³-hybridized carbons (Fsp3) is 0.0952. The number of pyridine rings is 1. The third kappa shape index (κ3) is 3.91. The molecular weight excluding hydrogens is 470 g/mol. The highest BCUT2D eigenvalue weighted by Gasteiger charge is 2.38. The number of hydrazone groups is 1. The second-order valence-electron chi connectivity index (χ2n) is 6.48. The Balaban J connectivity index is 1.82. The molecule has 2 aromatic carbocycles. The van der Waals surface area contributed by atoms with E-state index < -0.39 is 45.9 Å². The molecule has 2 heterocycles. The fourth-order valence-electron chi connectivity index (χ4n) is 3.02. The molecule has 164 valence electrons. The summed E-state index contributed by atoms with van der Waals surface area (Å²) in [4.78, 5) is 17.2. The molecule has 0 N–H and O–H groups in total. The number of ether oxygens (including phenoxy) is 1. The monoisotopic (exact) mass is 481 g/mol. The minimum Gasteiger partial charge on any atom is -0.491 e. The Bertz CT molecular complexity index is 1240. The van der Waals surface area contributed by atoms with Crippen LogP contribution in [0.4, 0.5) is 17.6 Å². The van der Waals surface area contributed by atoms with Gasteiger partial charge < -0.3 is 4.74 Å². The van der Waals surface area contributed by atoms with Crippen molar-refractivity contribution in [3.05, 3.63) is 93.8 Å². The lowest BCUT2D eigenvalue weighted by Crippen LogP contribution is -2.27. The summed E-state index contributed by atoms with van der Waals surface area (Å²) in [5.74, 6) is -6.94. The van der Waals surface area contributed by atoms with Crippen molar-refractivity contribution < 1.29 is 27.1 Å². The van der Waals surface area contributed by atoms with Crippen LogP contribution in [0.1, 0.15) is 26.9 Å². The van der Waals surface area contributed by atoms with Gasteiger partial charge in [0.15, 0.2) is 17.4 Å². The van der Waals surface area contributed by atoms with Crippen molar-refractivity contribution in [3.63, 3.8) is 0 Å². The van der Waals surface area contributed by atoms with Crippen LogP contribution in [0.5, 0.6) is 5.75 Å². The second kappa shape index (κ2) is 8.79. The van der Waals surface area contributed by atoms with E-state index in [1.54, 1.807) is 12.1 Å². The molecule has 11 heteroatoms. The summed E-state index contributed by atoms with van der Waals surface area (Å²) in [6.07, 6.45) is 1.44. The van der Waals surface area contributed by atoms with Crippen LogP contribution in [-0.2, 0) is 0 Å². The summed E-state index contributed by atoms with van der Waals surface area (Å²) >= 11 is 7.27. The smallest absolute Gasteiger partial charge is 0.278 e. The zero-order chi connectivity index (χ0) is 23.0. The van der Waals surface area contributed by atoms with Crippen LogP contribution < -0.4 is 4.74 Å². The molecule has 3 aromatic rings. The van der Waals surface area contributed by atoms with Crippen molar-refractivity contribution in [1.29, 1.82) is 0 Å². The van der Waals surface area contributed by atoms with Crippen LogP contribution >= 0.6 is 23.4 Å². The molecule has 0 fully saturated rings. The van der Waals surface area contributed by atoms with E-state index in [2.05, 4.69) is 14.8 Å². The van der Waals surface area contributed by atoms with E-state index in [1.165, 1.54) is 30.5 Å². The van der Waals surface area contributed by atoms with Crippen LogP contribution in [0.3, 0.4) is 0 Å². The minimum atomic E-state index is -1.56. The molecule has 0 radical (unpaired) electrons. The van der Waals surface area contributed by atoms with Crippen LogP contribution in [0.15, 0.2) is 53.8 Å². The van der Waals surface area contributed by atoms with Crippen molar-refractivity contribution in [2.24, 2.45) is 5.10 Å². The maximum atomic E-state index is 14.8. The van der Waals surface area contributed by atoms with Crippen LogP contribution in [-0.4, -0.2) is 28.1 Å². The first kappa shape index (κ1) is 22.1. The number of hydrogen-bond acceptors (Lipinski definition) is 5. The lowest BCUT2D eigenvalue weighted by atomic mass is 10.1. The predicted octanol–water partition coefficient (Wildman–Crippen LogP) is 5.55. The van der Waals surface area contributed by atoms with Gasteiger partial charge in [0.1, 0.15) is 21.4 Å². The molecule has 1 aromatic heterocycles. The highest BCUT2D eigenvalue weighted by molar-refractivity contribution is 8.14. The van der Waals surface area contributed by atoms with Crippen LogP contribution in [0, 0.1) is 23.3 Å². The normalized spacial score (nSPS) is 15.6. The molecule has 0 aliphatic carbocycles. The first-order valence-electron chi connectivity index (χ1n) is 8.98. The van der Waals surface area contributed by atoms with Gasteiger partial charge in [-0.25, -0.2) is 23.2 Å². The lowest BCUT2D eigenvalue weighted by Gasteiger charge is -2.22. The fourth-order valence-corrected chi connectivity index (χ4v) is 4.48. The third-order valence-electron chi connectivity index (χ3n) is 4.55. The largest absolute Gasteiger partial charge is 0.491 e. The summed E-state index contributed by atoms with van der Waals surface area (Å²) in [6, 6.07) is 8.97. The maximum Gasteiger partial charge on any atom is 0.278 e. The quantitative estimate of drug-likeness (QED) is 0.278. The highest BCUT2D eigenvalue weighted by atomic mass is 35.5. The van der Waals surface area contributed by atoms with Gasteiger partial charge >= 0.3 is 0 Å². The van der Waals surface area contributed by atoms with Gasteiger partial charge in [-0.2, -0.15) is 9.49 Å². The Morgan fingerprint density at radius 3 is 2.50 bits per heavy atom. The third-order valence-corrected chi connectivity index (χ3v) is 6.08. The molecule has 1 amide bonds. The minimum absolute atomic E-state index is 0.0710. The summed E-state index contributed by atoms with van der Waals surface area (Å²) in [5.41, 5.74) is 0.0823. The van der Waals surface area contributed by atoms with Gasteiger partial charge in [0.25, 0.3) is 5.91 Å². The number of hydrogen-bond donors (Lipinski definition) is 0. The topological polar surface area (TPSA) is 54.8 Å². The number of carbonyl (C=O) groups excluding carboxylic acids is 1. The predicted molar refractivity (Wildman–Crippen MR) is 112 cm³/mol. The molecular formula is C21H12ClF4N3O2S. The van der Waals surface area contributed by atoms with Gasteiger partial charge in [-0.05, 0) is 36.4 Å². The van der Waals surface area contributed by atoms with E-state index in [0.717, 1.165) is 23.9 Å². The highest BCUT2D eigenvalue weighted by Crippen LogP contribution is 2.44. The summed E-state index contributed by atoms with van der Waals surface area (Å²) in [7, 11) is 0.948. The Morgan fingerprint density at radius 2 is 1.84 bits per heavy atom.